The Labute approximate surface area is 144 Å². The molecule has 2 heterocycles. The third-order valence-corrected chi connectivity index (χ3v) is 4.29. The number of aromatic nitrogens is 2. The molecule has 0 aliphatic carbocycles. The van der Waals surface area contributed by atoms with Gasteiger partial charge in [0.2, 0.25) is 5.95 Å². The van der Waals surface area contributed by atoms with E-state index in [4.69, 9.17) is 27.8 Å². The minimum Gasteiger partial charge on any atom is -0.396 e. The molecule has 128 valence electrons. The number of benzene rings is 1. The molecular weight excluding hydrogens is 333 g/mol. The summed E-state index contributed by atoms with van der Waals surface area (Å²) in [5.74, 6) is 0.361. The lowest BCUT2D eigenvalue weighted by Crippen LogP contribution is -2.32. The van der Waals surface area contributed by atoms with Gasteiger partial charge in [-0.1, -0.05) is 11.6 Å². The smallest absolute Gasteiger partial charge is 0.222 e. The van der Waals surface area contributed by atoms with Crippen LogP contribution in [0.5, 0.6) is 0 Å². The Hall–Kier alpha value is -2.12. The second kappa shape index (κ2) is 6.78. The largest absolute Gasteiger partial charge is 0.396 e. The topological polar surface area (TPSA) is 90.3 Å². The van der Waals surface area contributed by atoms with Gasteiger partial charge in [-0.2, -0.15) is 4.98 Å². The lowest BCUT2D eigenvalue weighted by Gasteiger charge is -2.31. The summed E-state index contributed by atoms with van der Waals surface area (Å²) in [4.78, 5) is 10.5. The number of nitrogen functional groups attached to an aromatic ring is 2. The molecule has 0 amide bonds. The molecule has 6 nitrogen and oxygen atoms in total. The highest BCUT2D eigenvalue weighted by Crippen LogP contribution is 2.35. The number of halogens is 2. The van der Waals surface area contributed by atoms with Crippen LogP contribution in [0.25, 0.3) is 0 Å². The third kappa shape index (κ3) is 3.37. The molecule has 0 radical (unpaired) electrons. The van der Waals surface area contributed by atoms with Crippen LogP contribution in [0.15, 0.2) is 18.2 Å². The van der Waals surface area contributed by atoms with Crippen LogP contribution in [0.2, 0.25) is 5.02 Å². The fraction of sp³-hybridized carbons (Fsp3) is 0.375. The zero-order chi connectivity index (χ0) is 17.3. The minimum atomic E-state index is -0.535. The van der Waals surface area contributed by atoms with Crippen molar-refractivity contribution in [2.75, 3.05) is 36.1 Å². The standard InChI is InChI=1S/C16H19ClFN5O/c1-9-5-15(22-16(20)21-9)23-3-2-4-24-8-14(23)10-6-13(19)12(18)7-11(10)17/h5-7,14H,2-4,8,19H2,1H3,(H2,20,21,22). The molecule has 0 bridgehead atoms. The van der Waals surface area contributed by atoms with Crippen molar-refractivity contribution in [3.63, 3.8) is 0 Å². The zero-order valence-electron chi connectivity index (χ0n) is 13.3. The number of nitrogens with two attached hydrogens (primary N) is 2. The van der Waals surface area contributed by atoms with Crippen LogP contribution >= 0.6 is 11.6 Å². The maximum atomic E-state index is 13.6. The van der Waals surface area contributed by atoms with Gasteiger partial charge >= 0.3 is 0 Å². The van der Waals surface area contributed by atoms with E-state index in [2.05, 4.69) is 14.9 Å². The SMILES string of the molecule is Cc1cc(N2CCCOCC2c2cc(N)c(F)cc2Cl)nc(N)n1. The van der Waals surface area contributed by atoms with E-state index in [1.165, 1.54) is 6.07 Å². The monoisotopic (exact) mass is 351 g/mol. The van der Waals surface area contributed by atoms with Crippen LogP contribution in [0.1, 0.15) is 23.7 Å². The lowest BCUT2D eigenvalue weighted by atomic mass is 10.0. The van der Waals surface area contributed by atoms with Crippen LogP contribution in [-0.4, -0.2) is 29.7 Å². The Kier molecular flexibility index (Phi) is 4.73. The molecule has 1 saturated heterocycles. The van der Waals surface area contributed by atoms with Crippen LogP contribution in [-0.2, 0) is 4.74 Å². The van der Waals surface area contributed by atoms with Crippen molar-refractivity contribution in [1.82, 2.24) is 9.97 Å². The number of anilines is 3. The minimum absolute atomic E-state index is 0.0528. The first-order chi connectivity index (χ1) is 11.5. The van der Waals surface area contributed by atoms with Crippen molar-refractivity contribution in [3.8, 4) is 0 Å². The van der Waals surface area contributed by atoms with Gasteiger partial charge in [-0.15, -0.1) is 0 Å². The second-order valence-electron chi connectivity index (χ2n) is 5.76. The highest BCUT2D eigenvalue weighted by atomic mass is 35.5. The van der Waals surface area contributed by atoms with E-state index in [-0.39, 0.29) is 17.7 Å². The van der Waals surface area contributed by atoms with Crippen molar-refractivity contribution in [2.45, 2.75) is 19.4 Å². The molecule has 0 spiro atoms. The predicted molar refractivity (Wildman–Crippen MR) is 92.5 cm³/mol. The average Bonchev–Trinajstić information content (AvgIpc) is 2.75. The van der Waals surface area contributed by atoms with Gasteiger partial charge in [-0.05, 0) is 31.0 Å². The quantitative estimate of drug-likeness (QED) is 0.808. The van der Waals surface area contributed by atoms with E-state index >= 15 is 0 Å². The summed E-state index contributed by atoms with van der Waals surface area (Å²) in [5, 5.41) is 0.306. The fourth-order valence-corrected chi connectivity index (χ4v) is 3.15. The molecule has 1 aromatic carbocycles. The zero-order valence-corrected chi connectivity index (χ0v) is 14.1. The fourth-order valence-electron chi connectivity index (χ4n) is 2.87. The third-order valence-electron chi connectivity index (χ3n) is 3.97. The number of rotatable bonds is 2. The molecule has 1 fully saturated rings. The Morgan fingerprint density at radius 2 is 2.08 bits per heavy atom. The molecule has 2 aromatic rings. The van der Waals surface area contributed by atoms with Crippen LogP contribution < -0.4 is 16.4 Å². The van der Waals surface area contributed by atoms with E-state index in [0.717, 1.165) is 12.1 Å². The lowest BCUT2D eigenvalue weighted by molar-refractivity contribution is 0.134. The van der Waals surface area contributed by atoms with E-state index in [0.29, 0.717) is 36.2 Å². The van der Waals surface area contributed by atoms with Gasteiger partial charge in [0.05, 0.1) is 18.3 Å². The molecule has 0 saturated carbocycles. The Morgan fingerprint density at radius 1 is 1.29 bits per heavy atom. The molecule has 3 rings (SSSR count). The highest BCUT2D eigenvalue weighted by Gasteiger charge is 2.27. The van der Waals surface area contributed by atoms with Gasteiger partial charge in [0.15, 0.2) is 0 Å². The predicted octanol–water partition coefficient (Wildman–Crippen LogP) is 2.71. The van der Waals surface area contributed by atoms with Gasteiger partial charge in [0, 0.05) is 29.9 Å². The van der Waals surface area contributed by atoms with Crippen LogP contribution in [0.4, 0.5) is 21.8 Å². The Morgan fingerprint density at radius 3 is 2.83 bits per heavy atom. The molecule has 8 heteroatoms. The van der Waals surface area contributed by atoms with Crippen molar-refractivity contribution in [3.05, 3.63) is 40.3 Å². The first kappa shape index (κ1) is 16.7. The van der Waals surface area contributed by atoms with Crippen molar-refractivity contribution in [2.24, 2.45) is 0 Å². The van der Waals surface area contributed by atoms with E-state index in [1.54, 1.807) is 6.07 Å². The number of ether oxygens (including phenoxy) is 1. The summed E-state index contributed by atoms with van der Waals surface area (Å²) in [6.07, 6.45) is 0.827. The van der Waals surface area contributed by atoms with Gasteiger partial charge in [0.1, 0.15) is 11.6 Å². The Balaban J connectivity index is 2.06. The first-order valence-electron chi connectivity index (χ1n) is 7.65. The van der Waals surface area contributed by atoms with Crippen LogP contribution in [0.3, 0.4) is 0 Å². The summed E-state index contributed by atoms with van der Waals surface area (Å²) in [6.45, 7) is 3.58. The molecule has 1 unspecified atom stereocenters. The van der Waals surface area contributed by atoms with Crippen molar-refractivity contribution >= 4 is 29.1 Å². The number of hydrogen-bond acceptors (Lipinski definition) is 6. The number of nitrogens with zero attached hydrogens (tertiary/aromatic N) is 3. The van der Waals surface area contributed by atoms with Gasteiger partial charge < -0.3 is 21.1 Å². The van der Waals surface area contributed by atoms with Gasteiger partial charge in [0.25, 0.3) is 0 Å². The molecule has 4 N–H and O–H groups in total. The maximum absolute atomic E-state index is 13.6. The average molecular weight is 352 g/mol. The summed E-state index contributed by atoms with van der Waals surface area (Å²) in [5.41, 5.74) is 13.0. The molecule has 24 heavy (non-hydrogen) atoms. The molecule has 1 aromatic heterocycles. The maximum Gasteiger partial charge on any atom is 0.222 e. The van der Waals surface area contributed by atoms with Crippen molar-refractivity contribution in [1.29, 1.82) is 0 Å². The second-order valence-corrected chi connectivity index (χ2v) is 6.17. The summed E-state index contributed by atoms with van der Waals surface area (Å²) < 4.78 is 19.3. The van der Waals surface area contributed by atoms with Crippen LogP contribution in [0, 0.1) is 12.7 Å². The molecule has 1 aliphatic rings. The molecule has 1 atom stereocenters. The van der Waals surface area contributed by atoms with E-state index in [1.807, 2.05) is 13.0 Å². The first-order valence-corrected chi connectivity index (χ1v) is 8.03. The number of aryl methyl sites for hydroxylation is 1. The molecular formula is C16H19ClFN5O. The molecule has 1 aliphatic heterocycles. The summed E-state index contributed by atoms with van der Waals surface area (Å²) >= 11 is 6.27. The van der Waals surface area contributed by atoms with Gasteiger partial charge in [-0.3, -0.25) is 0 Å². The Bertz CT molecular complexity index is 737. The highest BCUT2D eigenvalue weighted by molar-refractivity contribution is 6.31. The van der Waals surface area contributed by atoms with E-state index < -0.39 is 5.82 Å². The van der Waals surface area contributed by atoms with Crippen molar-refractivity contribution < 1.29 is 9.13 Å². The van der Waals surface area contributed by atoms with E-state index in [9.17, 15) is 4.39 Å². The van der Waals surface area contributed by atoms with Gasteiger partial charge in [-0.25, -0.2) is 9.37 Å². The summed E-state index contributed by atoms with van der Waals surface area (Å²) in [7, 11) is 0. The normalized spacial score (nSPS) is 18.5. The number of hydrogen-bond donors (Lipinski definition) is 2. The summed E-state index contributed by atoms with van der Waals surface area (Å²) in [6, 6.07) is 4.41.